The fourth-order valence-electron chi connectivity index (χ4n) is 2.71. The summed E-state index contributed by atoms with van der Waals surface area (Å²) < 4.78 is 10.4. The van der Waals surface area contributed by atoms with E-state index in [0.29, 0.717) is 12.5 Å². The molecule has 0 aromatic heterocycles. The summed E-state index contributed by atoms with van der Waals surface area (Å²) in [4.78, 5) is 14.3. The highest BCUT2D eigenvalue weighted by Crippen LogP contribution is 2.21. The number of ether oxygens (including phenoxy) is 2. The molecule has 0 aromatic carbocycles. The Hall–Kier alpha value is -0.610. The summed E-state index contributed by atoms with van der Waals surface area (Å²) in [6.45, 7) is 7.20. The molecule has 0 spiro atoms. The number of hydrogen-bond donors (Lipinski definition) is 0. The summed E-state index contributed by atoms with van der Waals surface area (Å²) in [5.74, 6) is 0.495. The molecule has 1 aliphatic rings. The summed E-state index contributed by atoms with van der Waals surface area (Å²) in [5.41, 5.74) is 0. The molecule has 0 N–H and O–H groups in total. The van der Waals surface area contributed by atoms with Gasteiger partial charge >= 0.3 is 5.97 Å². The SMILES string of the molecule is CCCC(C(=O)OCC)N1CCCC(COC)C1. The molecule has 0 saturated carbocycles. The Labute approximate surface area is 111 Å². The molecule has 2 atom stereocenters. The third-order valence-electron chi connectivity index (χ3n) is 3.51. The van der Waals surface area contributed by atoms with Gasteiger partial charge in [0, 0.05) is 13.7 Å². The van der Waals surface area contributed by atoms with Gasteiger partial charge in [0.25, 0.3) is 0 Å². The van der Waals surface area contributed by atoms with Crippen LogP contribution in [0.25, 0.3) is 0 Å². The molecule has 2 unspecified atom stereocenters. The Morgan fingerprint density at radius 2 is 2.22 bits per heavy atom. The van der Waals surface area contributed by atoms with Crippen molar-refractivity contribution in [3.8, 4) is 0 Å². The number of piperidine rings is 1. The van der Waals surface area contributed by atoms with E-state index in [2.05, 4.69) is 11.8 Å². The average molecular weight is 257 g/mol. The normalized spacial score (nSPS) is 22.7. The van der Waals surface area contributed by atoms with Crippen LogP contribution in [0.15, 0.2) is 0 Å². The number of carbonyl (C=O) groups is 1. The van der Waals surface area contributed by atoms with Gasteiger partial charge in [0.15, 0.2) is 0 Å². The van der Waals surface area contributed by atoms with Crippen molar-refractivity contribution in [2.45, 2.75) is 45.6 Å². The summed E-state index contributed by atoms with van der Waals surface area (Å²) in [7, 11) is 1.74. The van der Waals surface area contributed by atoms with Crippen LogP contribution in [0, 0.1) is 5.92 Å². The number of esters is 1. The van der Waals surface area contributed by atoms with Crippen molar-refractivity contribution in [2.75, 3.05) is 33.4 Å². The predicted molar refractivity (Wildman–Crippen MR) is 71.5 cm³/mol. The molecule has 0 bridgehead atoms. The second-order valence-corrected chi connectivity index (χ2v) is 5.02. The van der Waals surface area contributed by atoms with Gasteiger partial charge in [-0.1, -0.05) is 13.3 Å². The Morgan fingerprint density at radius 1 is 1.44 bits per heavy atom. The molecular weight excluding hydrogens is 230 g/mol. The summed E-state index contributed by atoms with van der Waals surface area (Å²) >= 11 is 0. The van der Waals surface area contributed by atoms with Crippen LogP contribution in [-0.2, 0) is 14.3 Å². The van der Waals surface area contributed by atoms with E-state index in [9.17, 15) is 4.79 Å². The molecule has 18 heavy (non-hydrogen) atoms. The topological polar surface area (TPSA) is 38.8 Å². The first-order chi connectivity index (χ1) is 8.72. The molecule has 4 heteroatoms. The van der Waals surface area contributed by atoms with Gasteiger partial charge < -0.3 is 9.47 Å². The molecule has 0 radical (unpaired) electrons. The first kappa shape index (κ1) is 15.4. The fourth-order valence-corrected chi connectivity index (χ4v) is 2.71. The van der Waals surface area contributed by atoms with Crippen molar-refractivity contribution in [3.05, 3.63) is 0 Å². The van der Waals surface area contributed by atoms with Gasteiger partial charge in [-0.15, -0.1) is 0 Å². The van der Waals surface area contributed by atoms with Gasteiger partial charge in [-0.2, -0.15) is 0 Å². The molecule has 1 saturated heterocycles. The van der Waals surface area contributed by atoms with Gasteiger partial charge in [-0.25, -0.2) is 0 Å². The van der Waals surface area contributed by atoms with E-state index in [1.807, 2.05) is 6.92 Å². The minimum absolute atomic E-state index is 0.0579. The van der Waals surface area contributed by atoms with E-state index in [4.69, 9.17) is 9.47 Å². The smallest absolute Gasteiger partial charge is 0.323 e. The lowest BCUT2D eigenvalue weighted by atomic mass is 9.96. The molecule has 0 amide bonds. The second kappa shape index (κ2) is 8.48. The van der Waals surface area contributed by atoms with Crippen LogP contribution in [0.1, 0.15) is 39.5 Å². The predicted octanol–water partition coefficient (Wildman–Crippen LogP) is 2.08. The zero-order valence-corrected chi connectivity index (χ0v) is 12.0. The number of likely N-dealkylation sites (tertiary alicyclic amines) is 1. The highest BCUT2D eigenvalue weighted by atomic mass is 16.5. The quantitative estimate of drug-likeness (QED) is 0.655. The van der Waals surface area contributed by atoms with Crippen molar-refractivity contribution in [1.82, 2.24) is 4.90 Å². The summed E-state index contributed by atoms with van der Waals surface area (Å²) in [5, 5.41) is 0. The van der Waals surface area contributed by atoms with E-state index in [0.717, 1.165) is 39.0 Å². The number of methoxy groups -OCH3 is 1. The summed E-state index contributed by atoms with van der Waals surface area (Å²) in [6, 6.07) is -0.0605. The van der Waals surface area contributed by atoms with Crippen molar-refractivity contribution in [2.24, 2.45) is 5.92 Å². The monoisotopic (exact) mass is 257 g/mol. The molecule has 106 valence electrons. The van der Waals surface area contributed by atoms with Gasteiger partial charge in [0.05, 0.1) is 13.2 Å². The zero-order chi connectivity index (χ0) is 13.4. The molecule has 1 rings (SSSR count). The highest BCUT2D eigenvalue weighted by Gasteiger charge is 2.30. The highest BCUT2D eigenvalue weighted by molar-refractivity contribution is 5.75. The number of nitrogens with zero attached hydrogens (tertiary/aromatic N) is 1. The first-order valence-electron chi connectivity index (χ1n) is 7.12. The van der Waals surface area contributed by atoms with Gasteiger partial charge in [-0.05, 0) is 38.6 Å². The lowest BCUT2D eigenvalue weighted by Gasteiger charge is -2.36. The average Bonchev–Trinajstić information content (AvgIpc) is 2.37. The van der Waals surface area contributed by atoms with Gasteiger partial charge in [-0.3, -0.25) is 9.69 Å². The second-order valence-electron chi connectivity index (χ2n) is 5.02. The van der Waals surface area contributed by atoms with E-state index < -0.39 is 0 Å². The van der Waals surface area contributed by atoms with Gasteiger partial charge in [0.2, 0.25) is 0 Å². The third-order valence-corrected chi connectivity index (χ3v) is 3.51. The Morgan fingerprint density at radius 3 is 2.83 bits per heavy atom. The van der Waals surface area contributed by atoms with Crippen molar-refractivity contribution in [1.29, 1.82) is 0 Å². The van der Waals surface area contributed by atoms with Crippen LogP contribution < -0.4 is 0 Å². The van der Waals surface area contributed by atoms with E-state index in [1.54, 1.807) is 7.11 Å². The Kier molecular flexibility index (Phi) is 7.28. The third kappa shape index (κ3) is 4.58. The van der Waals surface area contributed by atoms with Crippen molar-refractivity contribution >= 4 is 5.97 Å². The molecule has 1 aliphatic heterocycles. The van der Waals surface area contributed by atoms with E-state index in [1.165, 1.54) is 6.42 Å². The lowest BCUT2D eigenvalue weighted by Crippen LogP contribution is -2.48. The zero-order valence-electron chi connectivity index (χ0n) is 12.0. The van der Waals surface area contributed by atoms with Gasteiger partial charge in [0.1, 0.15) is 6.04 Å². The van der Waals surface area contributed by atoms with E-state index in [-0.39, 0.29) is 12.0 Å². The molecule has 1 heterocycles. The number of carbonyl (C=O) groups excluding carboxylic acids is 1. The Bertz CT molecular complexity index is 243. The van der Waals surface area contributed by atoms with Crippen LogP contribution in [0.2, 0.25) is 0 Å². The van der Waals surface area contributed by atoms with Crippen LogP contribution in [-0.4, -0.2) is 50.3 Å². The lowest BCUT2D eigenvalue weighted by molar-refractivity contribution is -0.150. The minimum Gasteiger partial charge on any atom is -0.465 e. The standard InChI is InChI=1S/C14H27NO3/c1-4-7-13(14(16)18-5-2)15-9-6-8-12(10-15)11-17-3/h12-13H,4-11H2,1-3H3. The van der Waals surface area contributed by atoms with Crippen LogP contribution >= 0.6 is 0 Å². The number of rotatable bonds is 7. The van der Waals surface area contributed by atoms with Crippen molar-refractivity contribution < 1.29 is 14.3 Å². The maximum atomic E-state index is 12.0. The first-order valence-corrected chi connectivity index (χ1v) is 7.12. The molecule has 4 nitrogen and oxygen atoms in total. The van der Waals surface area contributed by atoms with Crippen LogP contribution in [0.5, 0.6) is 0 Å². The Balaban J connectivity index is 2.57. The molecule has 1 fully saturated rings. The maximum absolute atomic E-state index is 12.0. The minimum atomic E-state index is -0.0605. The largest absolute Gasteiger partial charge is 0.465 e. The molecule has 0 aliphatic carbocycles. The summed E-state index contributed by atoms with van der Waals surface area (Å²) in [6.07, 6.45) is 4.24. The van der Waals surface area contributed by atoms with Crippen molar-refractivity contribution in [3.63, 3.8) is 0 Å². The molecular formula is C14H27NO3. The van der Waals surface area contributed by atoms with E-state index >= 15 is 0 Å². The molecule has 0 aromatic rings. The number of hydrogen-bond acceptors (Lipinski definition) is 4. The van der Waals surface area contributed by atoms with Crippen LogP contribution in [0.3, 0.4) is 0 Å². The maximum Gasteiger partial charge on any atom is 0.323 e. The van der Waals surface area contributed by atoms with Crippen LogP contribution in [0.4, 0.5) is 0 Å². The fraction of sp³-hybridized carbons (Fsp3) is 0.929.